The van der Waals surface area contributed by atoms with Gasteiger partial charge in [0.15, 0.2) is 0 Å². The minimum Gasteiger partial charge on any atom is -0.0654 e. The molecule has 1 rings (SSSR count). The Morgan fingerprint density at radius 2 is 1.80 bits per heavy atom. The molecule has 0 bridgehead atoms. The summed E-state index contributed by atoms with van der Waals surface area (Å²) in [6, 6.07) is 8.82. The van der Waals surface area contributed by atoms with Crippen molar-refractivity contribution in [1.29, 1.82) is 0 Å². The Balaban J connectivity index is 2.52. The molecule has 1 aromatic carbocycles. The number of benzene rings is 1. The van der Waals surface area contributed by atoms with Gasteiger partial charge in [-0.25, -0.2) is 0 Å². The highest BCUT2D eigenvalue weighted by Gasteiger charge is 2.00. The Labute approximate surface area is 94.7 Å². The molecule has 0 aliphatic rings. The van der Waals surface area contributed by atoms with E-state index < -0.39 is 0 Å². The fourth-order valence-corrected chi connectivity index (χ4v) is 1.83. The first-order valence-corrected chi connectivity index (χ1v) is 6.29. The first-order chi connectivity index (χ1) is 7.38. The van der Waals surface area contributed by atoms with Crippen LogP contribution in [0.5, 0.6) is 0 Å². The summed E-state index contributed by atoms with van der Waals surface area (Å²) in [5.41, 5.74) is 2.98. The monoisotopic (exact) mass is 203 g/mol. The average Bonchev–Trinajstić information content (AvgIpc) is 2.28. The molecule has 0 unspecified atom stereocenters. The molecule has 1 radical (unpaired) electrons. The van der Waals surface area contributed by atoms with Crippen molar-refractivity contribution in [3.8, 4) is 0 Å². The SMILES string of the molecule is CCC[CH]c1ccccc1CCCCC. The van der Waals surface area contributed by atoms with Crippen LogP contribution in [0.3, 0.4) is 0 Å². The molecule has 0 aromatic heterocycles. The van der Waals surface area contributed by atoms with Gasteiger partial charge in [-0.05, 0) is 36.8 Å². The molecule has 0 aliphatic heterocycles. The maximum absolute atomic E-state index is 2.38. The Bertz CT molecular complexity index is 262. The van der Waals surface area contributed by atoms with Crippen LogP contribution < -0.4 is 0 Å². The third kappa shape index (κ3) is 4.51. The Morgan fingerprint density at radius 1 is 1.00 bits per heavy atom. The number of aryl methyl sites for hydroxylation is 1. The molecule has 15 heavy (non-hydrogen) atoms. The molecule has 0 heteroatoms. The molecule has 0 spiro atoms. The summed E-state index contributed by atoms with van der Waals surface area (Å²) in [5.74, 6) is 0. The highest BCUT2D eigenvalue weighted by Crippen LogP contribution is 2.16. The third-order valence-corrected chi connectivity index (χ3v) is 2.76. The molecule has 0 heterocycles. The van der Waals surface area contributed by atoms with Crippen molar-refractivity contribution in [2.75, 3.05) is 0 Å². The van der Waals surface area contributed by atoms with Crippen LogP contribution in [0.4, 0.5) is 0 Å². The second kappa shape index (κ2) is 7.50. The summed E-state index contributed by atoms with van der Waals surface area (Å²) >= 11 is 0. The lowest BCUT2D eigenvalue weighted by Gasteiger charge is -2.08. The minimum absolute atomic E-state index is 1.20. The quantitative estimate of drug-likeness (QED) is 0.560. The largest absolute Gasteiger partial charge is 0.0654 e. The van der Waals surface area contributed by atoms with Gasteiger partial charge in [-0.2, -0.15) is 0 Å². The van der Waals surface area contributed by atoms with Crippen molar-refractivity contribution in [3.63, 3.8) is 0 Å². The van der Waals surface area contributed by atoms with Gasteiger partial charge in [0.2, 0.25) is 0 Å². The third-order valence-electron chi connectivity index (χ3n) is 2.76. The van der Waals surface area contributed by atoms with Gasteiger partial charge in [-0.1, -0.05) is 57.4 Å². The maximum Gasteiger partial charge on any atom is -0.00904 e. The Hall–Kier alpha value is -0.780. The van der Waals surface area contributed by atoms with Crippen molar-refractivity contribution < 1.29 is 0 Å². The lowest BCUT2D eigenvalue weighted by atomic mass is 9.98. The van der Waals surface area contributed by atoms with Crippen LogP contribution in [0, 0.1) is 6.42 Å². The van der Waals surface area contributed by atoms with E-state index in [1.54, 1.807) is 0 Å². The van der Waals surface area contributed by atoms with Crippen molar-refractivity contribution in [2.45, 2.75) is 52.4 Å². The zero-order chi connectivity index (χ0) is 10.9. The predicted octanol–water partition coefficient (Wildman–Crippen LogP) is 4.77. The molecule has 0 atom stereocenters. The summed E-state index contributed by atoms with van der Waals surface area (Å²) in [6.45, 7) is 4.49. The van der Waals surface area contributed by atoms with Gasteiger partial charge in [0.25, 0.3) is 0 Å². The summed E-state index contributed by atoms with van der Waals surface area (Å²) in [5, 5.41) is 0. The number of hydrogen-bond donors (Lipinski definition) is 0. The molecule has 0 saturated heterocycles. The number of unbranched alkanes of at least 4 members (excludes halogenated alkanes) is 3. The van der Waals surface area contributed by atoms with Gasteiger partial charge in [0, 0.05) is 0 Å². The summed E-state index contributed by atoms with van der Waals surface area (Å²) < 4.78 is 0. The van der Waals surface area contributed by atoms with E-state index in [0.29, 0.717) is 0 Å². The molecule has 0 amide bonds. The molecule has 1 aromatic rings. The van der Waals surface area contributed by atoms with Crippen LogP contribution in [0.15, 0.2) is 24.3 Å². The van der Waals surface area contributed by atoms with Crippen molar-refractivity contribution >= 4 is 0 Å². The molecular weight excluding hydrogens is 180 g/mol. The van der Waals surface area contributed by atoms with Crippen molar-refractivity contribution in [3.05, 3.63) is 41.8 Å². The second-order valence-electron chi connectivity index (χ2n) is 4.15. The molecular formula is C15H23. The van der Waals surface area contributed by atoms with Crippen LogP contribution in [0.2, 0.25) is 0 Å². The van der Waals surface area contributed by atoms with E-state index in [1.165, 1.54) is 49.7 Å². The minimum atomic E-state index is 1.20. The average molecular weight is 203 g/mol. The van der Waals surface area contributed by atoms with E-state index in [9.17, 15) is 0 Å². The fourth-order valence-electron chi connectivity index (χ4n) is 1.83. The summed E-state index contributed by atoms with van der Waals surface area (Å²) in [6.07, 6.45) is 10.0. The molecule has 0 N–H and O–H groups in total. The summed E-state index contributed by atoms with van der Waals surface area (Å²) in [4.78, 5) is 0. The molecule has 83 valence electrons. The number of rotatable bonds is 7. The zero-order valence-corrected chi connectivity index (χ0v) is 10.1. The van der Waals surface area contributed by atoms with Gasteiger partial charge >= 0.3 is 0 Å². The molecule has 0 aliphatic carbocycles. The van der Waals surface area contributed by atoms with Gasteiger partial charge in [0.05, 0.1) is 0 Å². The first kappa shape index (κ1) is 12.3. The van der Waals surface area contributed by atoms with Crippen molar-refractivity contribution in [1.82, 2.24) is 0 Å². The highest BCUT2D eigenvalue weighted by atomic mass is 14.1. The lowest BCUT2D eigenvalue weighted by molar-refractivity contribution is 0.715. The first-order valence-electron chi connectivity index (χ1n) is 6.29. The highest BCUT2D eigenvalue weighted by molar-refractivity contribution is 5.32. The zero-order valence-electron chi connectivity index (χ0n) is 10.1. The molecule has 0 nitrogen and oxygen atoms in total. The van der Waals surface area contributed by atoms with E-state index in [4.69, 9.17) is 0 Å². The van der Waals surface area contributed by atoms with E-state index in [1.807, 2.05) is 0 Å². The van der Waals surface area contributed by atoms with Gasteiger partial charge in [0.1, 0.15) is 0 Å². The van der Waals surface area contributed by atoms with Crippen LogP contribution in [-0.2, 0) is 6.42 Å². The molecule has 0 saturated carbocycles. The van der Waals surface area contributed by atoms with Crippen LogP contribution >= 0.6 is 0 Å². The van der Waals surface area contributed by atoms with Gasteiger partial charge < -0.3 is 0 Å². The lowest BCUT2D eigenvalue weighted by Crippen LogP contribution is -1.93. The normalized spacial score (nSPS) is 10.5. The van der Waals surface area contributed by atoms with E-state index in [-0.39, 0.29) is 0 Å². The fraction of sp³-hybridized carbons (Fsp3) is 0.533. The smallest absolute Gasteiger partial charge is 0.00904 e. The Morgan fingerprint density at radius 3 is 2.53 bits per heavy atom. The standard InChI is InChI=1S/C15H23/c1-3-5-7-11-15-13-9-8-12-14(15)10-6-4-2/h8-10,12-13H,3-7,11H2,1-2H3. The van der Waals surface area contributed by atoms with Gasteiger partial charge in [-0.3, -0.25) is 0 Å². The Kier molecular flexibility index (Phi) is 6.15. The van der Waals surface area contributed by atoms with E-state index in [2.05, 4.69) is 44.5 Å². The predicted molar refractivity (Wildman–Crippen MR) is 68.0 cm³/mol. The molecule has 0 fully saturated rings. The van der Waals surface area contributed by atoms with Crippen molar-refractivity contribution in [2.24, 2.45) is 0 Å². The second-order valence-corrected chi connectivity index (χ2v) is 4.15. The van der Waals surface area contributed by atoms with E-state index >= 15 is 0 Å². The maximum atomic E-state index is 2.38. The number of hydrogen-bond acceptors (Lipinski definition) is 0. The van der Waals surface area contributed by atoms with E-state index in [0.717, 1.165) is 0 Å². The van der Waals surface area contributed by atoms with Crippen LogP contribution in [0.25, 0.3) is 0 Å². The van der Waals surface area contributed by atoms with Gasteiger partial charge in [-0.15, -0.1) is 0 Å². The van der Waals surface area contributed by atoms with Crippen LogP contribution in [-0.4, -0.2) is 0 Å². The summed E-state index contributed by atoms with van der Waals surface area (Å²) in [7, 11) is 0. The van der Waals surface area contributed by atoms with Crippen LogP contribution in [0.1, 0.15) is 57.1 Å². The topological polar surface area (TPSA) is 0 Å².